The molecule has 2 aromatic carbocycles. The topological polar surface area (TPSA) is 60.3 Å². The van der Waals surface area contributed by atoms with E-state index in [1.54, 1.807) is 19.9 Å². The van der Waals surface area contributed by atoms with Gasteiger partial charge in [-0.15, -0.1) is 0 Å². The maximum atomic E-state index is 13.8. The molecule has 0 aliphatic rings. The number of hydrogen-bond donors (Lipinski definition) is 1. The van der Waals surface area contributed by atoms with E-state index in [0.717, 1.165) is 22.9 Å². The molecule has 0 spiro atoms. The van der Waals surface area contributed by atoms with E-state index in [1.807, 2.05) is 35.8 Å². The van der Waals surface area contributed by atoms with Crippen LogP contribution < -0.4 is 5.32 Å². The minimum atomic E-state index is -0.838. The second kappa shape index (κ2) is 9.55. The summed E-state index contributed by atoms with van der Waals surface area (Å²) in [5.74, 6) is -2.40. The molecule has 31 heavy (non-hydrogen) atoms. The van der Waals surface area contributed by atoms with Gasteiger partial charge in [0, 0.05) is 30.4 Å². The number of ether oxygens (including phenoxy) is 1. The normalized spacial score (nSPS) is 10.7. The highest BCUT2D eigenvalue weighted by atomic mass is 19.1. The highest BCUT2D eigenvalue weighted by Gasteiger charge is 2.20. The molecule has 162 valence electrons. The fourth-order valence-electron chi connectivity index (χ4n) is 3.33. The molecule has 3 rings (SSSR count). The number of nitrogens with one attached hydrogen (secondary N) is 1. The number of anilines is 1. The predicted octanol–water partition coefficient (Wildman–Crippen LogP) is 5.26. The van der Waals surface area contributed by atoms with E-state index < -0.39 is 23.5 Å². The number of hydrogen-bond acceptors (Lipinski definition) is 3. The van der Waals surface area contributed by atoms with Crippen LogP contribution in [0.5, 0.6) is 0 Å². The first-order valence-corrected chi connectivity index (χ1v) is 9.99. The van der Waals surface area contributed by atoms with Crippen molar-refractivity contribution >= 4 is 17.6 Å². The second-order valence-electron chi connectivity index (χ2n) is 7.19. The van der Waals surface area contributed by atoms with Gasteiger partial charge in [0.1, 0.15) is 11.6 Å². The number of carbonyl (C=O) groups is 2. The molecule has 3 aromatic rings. The Labute approximate surface area is 179 Å². The molecular weight excluding hydrogens is 402 g/mol. The zero-order valence-corrected chi connectivity index (χ0v) is 17.7. The van der Waals surface area contributed by atoms with Crippen LogP contribution in [0, 0.1) is 25.5 Å². The molecule has 0 radical (unpaired) electrons. The van der Waals surface area contributed by atoms with Crippen LogP contribution in [0.25, 0.3) is 11.3 Å². The lowest BCUT2D eigenvalue weighted by Gasteiger charge is -2.13. The van der Waals surface area contributed by atoms with Crippen LogP contribution in [-0.4, -0.2) is 23.1 Å². The van der Waals surface area contributed by atoms with Gasteiger partial charge in [0.05, 0.1) is 17.9 Å². The van der Waals surface area contributed by atoms with Gasteiger partial charge in [0.15, 0.2) is 0 Å². The number of carbonyl (C=O) groups excluding carboxylic acids is 2. The molecule has 0 atom stereocenters. The summed E-state index contributed by atoms with van der Waals surface area (Å²) >= 11 is 0. The number of benzene rings is 2. The van der Waals surface area contributed by atoms with Gasteiger partial charge in [-0.05, 0) is 44.5 Å². The van der Waals surface area contributed by atoms with Crippen molar-refractivity contribution in [3.8, 4) is 11.3 Å². The van der Waals surface area contributed by atoms with Crippen LogP contribution >= 0.6 is 0 Å². The van der Waals surface area contributed by atoms with E-state index in [9.17, 15) is 18.4 Å². The summed E-state index contributed by atoms with van der Waals surface area (Å²) in [4.78, 5) is 24.8. The van der Waals surface area contributed by atoms with E-state index in [1.165, 1.54) is 6.07 Å². The summed E-state index contributed by atoms with van der Waals surface area (Å²) in [6.07, 6.45) is 0.0352. The summed E-state index contributed by atoms with van der Waals surface area (Å²) < 4.78 is 33.9. The van der Waals surface area contributed by atoms with Gasteiger partial charge in [0.25, 0.3) is 0 Å². The van der Waals surface area contributed by atoms with Crippen LogP contribution in [0.4, 0.5) is 14.5 Å². The lowest BCUT2D eigenvalue weighted by atomic mass is 10.1. The number of aryl methyl sites for hydroxylation is 1. The summed E-state index contributed by atoms with van der Waals surface area (Å²) in [7, 11) is 0. The molecule has 1 amide bonds. The van der Waals surface area contributed by atoms with E-state index in [4.69, 9.17) is 4.74 Å². The van der Waals surface area contributed by atoms with E-state index in [-0.39, 0.29) is 25.3 Å². The number of esters is 1. The minimum absolute atomic E-state index is 0.0352. The standard InChI is InChI=1S/C24H24F2N2O3/c1-4-31-24(30)19-14-22(17-7-5-15(2)6-8-17)28(16(19)3)12-11-23(29)27-21-10-9-18(25)13-20(21)26/h5-10,13-14H,4,11-12H2,1-3H3,(H,27,29). The number of aromatic nitrogens is 1. The Balaban J connectivity index is 1.85. The van der Waals surface area contributed by atoms with Crippen molar-refractivity contribution in [1.82, 2.24) is 4.57 Å². The first-order chi connectivity index (χ1) is 14.8. The lowest BCUT2D eigenvalue weighted by Crippen LogP contribution is -2.16. The minimum Gasteiger partial charge on any atom is -0.462 e. The van der Waals surface area contributed by atoms with Crippen LogP contribution in [-0.2, 0) is 16.1 Å². The molecule has 0 saturated heterocycles. The van der Waals surface area contributed by atoms with Crippen LogP contribution in [0.2, 0.25) is 0 Å². The molecule has 0 aliphatic carbocycles. The van der Waals surface area contributed by atoms with Gasteiger partial charge >= 0.3 is 5.97 Å². The van der Waals surface area contributed by atoms with Crippen LogP contribution in [0.1, 0.15) is 35.0 Å². The average Bonchev–Trinajstić information content (AvgIpc) is 3.06. The molecule has 7 heteroatoms. The zero-order chi connectivity index (χ0) is 22.5. The van der Waals surface area contributed by atoms with Crippen molar-refractivity contribution in [2.24, 2.45) is 0 Å². The number of rotatable bonds is 7. The smallest absolute Gasteiger partial charge is 0.339 e. The Bertz CT molecular complexity index is 1100. The summed E-state index contributed by atoms with van der Waals surface area (Å²) in [6, 6.07) is 12.6. The quantitative estimate of drug-likeness (QED) is 0.525. The highest BCUT2D eigenvalue weighted by Crippen LogP contribution is 2.27. The Morgan fingerprint density at radius 3 is 2.39 bits per heavy atom. The van der Waals surface area contributed by atoms with Crippen molar-refractivity contribution in [3.05, 3.63) is 77.0 Å². The molecule has 0 fully saturated rings. The summed E-state index contributed by atoms with van der Waals surface area (Å²) in [6.45, 7) is 6.04. The largest absolute Gasteiger partial charge is 0.462 e. The van der Waals surface area contributed by atoms with Crippen molar-refractivity contribution in [1.29, 1.82) is 0 Å². The monoisotopic (exact) mass is 426 g/mol. The molecule has 5 nitrogen and oxygen atoms in total. The van der Waals surface area contributed by atoms with Crippen LogP contribution in [0.15, 0.2) is 48.5 Å². The molecule has 1 aromatic heterocycles. The SMILES string of the molecule is CCOC(=O)c1cc(-c2ccc(C)cc2)n(CCC(=O)Nc2ccc(F)cc2F)c1C. The second-order valence-corrected chi connectivity index (χ2v) is 7.19. The highest BCUT2D eigenvalue weighted by molar-refractivity contribution is 5.93. The van der Waals surface area contributed by atoms with Crippen molar-refractivity contribution < 1.29 is 23.1 Å². The lowest BCUT2D eigenvalue weighted by molar-refractivity contribution is -0.116. The third-order valence-corrected chi connectivity index (χ3v) is 4.98. The fraction of sp³-hybridized carbons (Fsp3) is 0.250. The van der Waals surface area contributed by atoms with Gasteiger partial charge in [-0.3, -0.25) is 4.79 Å². The molecule has 0 bridgehead atoms. The average molecular weight is 426 g/mol. The third kappa shape index (κ3) is 5.17. The van der Waals surface area contributed by atoms with E-state index >= 15 is 0 Å². The van der Waals surface area contributed by atoms with Gasteiger partial charge in [-0.25, -0.2) is 13.6 Å². The number of amides is 1. The van der Waals surface area contributed by atoms with Crippen LogP contribution in [0.3, 0.4) is 0 Å². The van der Waals surface area contributed by atoms with Crippen molar-refractivity contribution in [2.45, 2.75) is 33.7 Å². The van der Waals surface area contributed by atoms with Gasteiger partial charge in [-0.1, -0.05) is 29.8 Å². The Kier molecular flexibility index (Phi) is 6.84. The summed E-state index contributed by atoms with van der Waals surface area (Å²) in [5, 5.41) is 2.46. The molecule has 0 saturated carbocycles. The maximum Gasteiger partial charge on any atom is 0.339 e. The molecule has 0 unspecified atom stereocenters. The van der Waals surface area contributed by atoms with Crippen molar-refractivity contribution in [3.63, 3.8) is 0 Å². The van der Waals surface area contributed by atoms with E-state index in [2.05, 4.69) is 5.32 Å². The maximum absolute atomic E-state index is 13.8. The van der Waals surface area contributed by atoms with Gasteiger partial charge in [-0.2, -0.15) is 0 Å². The predicted molar refractivity (Wildman–Crippen MR) is 115 cm³/mol. The first kappa shape index (κ1) is 22.2. The van der Waals surface area contributed by atoms with E-state index in [0.29, 0.717) is 17.3 Å². The molecule has 1 heterocycles. The van der Waals surface area contributed by atoms with Crippen molar-refractivity contribution in [2.75, 3.05) is 11.9 Å². The fourth-order valence-corrected chi connectivity index (χ4v) is 3.33. The molecule has 1 N–H and O–H groups in total. The number of halogens is 2. The Morgan fingerprint density at radius 1 is 1.03 bits per heavy atom. The molecular formula is C24H24F2N2O3. The first-order valence-electron chi connectivity index (χ1n) is 9.99. The Morgan fingerprint density at radius 2 is 1.74 bits per heavy atom. The number of nitrogens with zero attached hydrogens (tertiary/aromatic N) is 1. The zero-order valence-electron chi connectivity index (χ0n) is 17.7. The third-order valence-electron chi connectivity index (χ3n) is 4.98. The van der Waals surface area contributed by atoms with Gasteiger partial charge in [0.2, 0.25) is 5.91 Å². The Hall–Kier alpha value is -3.48. The van der Waals surface area contributed by atoms with Gasteiger partial charge < -0.3 is 14.6 Å². The molecule has 0 aliphatic heterocycles. The summed E-state index contributed by atoms with van der Waals surface area (Å²) in [5.41, 5.74) is 3.80.